The van der Waals surface area contributed by atoms with Crippen molar-refractivity contribution in [2.45, 2.75) is 36.8 Å². The number of hydrogen-bond acceptors (Lipinski definition) is 5. The second-order valence-corrected chi connectivity index (χ2v) is 12.9. The molecular formula is C29H25Cl4F2N3O4. The van der Waals surface area contributed by atoms with Crippen LogP contribution in [0.25, 0.3) is 0 Å². The molecule has 2 unspecified atom stereocenters. The molecule has 3 heterocycles. The van der Waals surface area contributed by atoms with Crippen LogP contribution in [-0.2, 0) is 24.7 Å². The van der Waals surface area contributed by atoms with Crippen molar-refractivity contribution in [3.05, 3.63) is 68.6 Å². The first-order valence-electron chi connectivity index (χ1n) is 13.4. The standard InChI is InChI=1S/C29H25Cl4F2N3O4/c1-2-5-42-26(40)23-22(25(39)37(12-14-3-4-14)18-7-15(30)6-16(31)8-18)21-11-28(34,35)13-38(21)29(23)19-9-17(32)10-20(33)24(19)36-27(29)41/h2,6-10,14,21-23H,1,3-5,11-13H2,(H,36,41)/t21?,22-,23-,29?/m1/s1. The van der Waals surface area contributed by atoms with E-state index in [-0.39, 0.29) is 50.4 Å². The molecule has 7 nitrogen and oxygen atoms in total. The van der Waals surface area contributed by atoms with E-state index in [2.05, 4.69) is 11.9 Å². The molecule has 2 amide bonds. The van der Waals surface area contributed by atoms with E-state index in [0.717, 1.165) is 12.8 Å². The predicted octanol–water partition coefficient (Wildman–Crippen LogP) is 6.58. The van der Waals surface area contributed by atoms with Crippen molar-refractivity contribution in [2.75, 3.05) is 29.9 Å². The SMILES string of the molecule is C=CCOC(=O)[C@H]1[C@H](C(=O)N(CC2CC2)c2cc(Cl)cc(Cl)c2)C2CC(F)(F)CN2C12C(=O)Nc1c(Cl)cc(Cl)cc12. The third kappa shape index (κ3) is 4.78. The monoisotopic (exact) mass is 657 g/mol. The number of rotatable bonds is 7. The molecule has 3 fully saturated rings. The maximum atomic E-state index is 15.3. The minimum atomic E-state index is -3.25. The maximum Gasteiger partial charge on any atom is 0.312 e. The Bertz CT molecular complexity index is 1500. The highest BCUT2D eigenvalue weighted by Gasteiger charge is 2.75. The van der Waals surface area contributed by atoms with Crippen molar-refractivity contribution >= 4 is 75.6 Å². The van der Waals surface area contributed by atoms with E-state index in [1.54, 1.807) is 12.1 Å². The molecule has 0 bridgehead atoms. The molecular weight excluding hydrogens is 634 g/mol. The molecule has 2 aromatic carbocycles. The molecule has 42 heavy (non-hydrogen) atoms. The predicted molar refractivity (Wildman–Crippen MR) is 157 cm³/mol. The second kappa shape index (κ2) is 10.6. The molecule has 0 aromatic heterocycles. The molecule has 4 aliphatic rings. The lowest BCUT2D eigenvalue weighted by atomic mass is 9.73. The summed E-state index contributed by atoms with van der Waals surface area (Å²) in [6.07, 6.45) is 2.34. The van der Waals surface area contributed by atoms with Crippen LogP contribution in [0.5, 0.6) is 0 Å². The van der Waals surface area contributed by atoms with Gasteiger partial charge in [0, 0.05) is 45.3 Å². The Labute approximate surface area is 260 Å². The number of hydrogen-bond donors (Lipinski definition) is 1. The second-order valence-electron chi connectivity index (χ2n) is 11.2. The fourth-order valence-corrected chi connectivity index (χ4v) is 7.81. The summed E-state index contributed by atoms with van der Waals surface area (Å²) >= 11 is 25.4. The maximum absolute atomic E-state index is 15.3. The number of esters is 1. The Morgan fingerprint density at radius 3 is 2.40 bits per heavy atom. The minimum absolute atomic E-state index is 0.0714. The number of halogens is 6. The Hall–Kier alpha value is -2.43. The van der Waals surface area contributed by atoms with Crippen LogP contribution in [-0.4, -0.2) is 54.3 Å². The average Bonchev–Trinajstić information content (AvgIpc) is 3.53. The zero-order valence-electron chi connectivity index (χ0n) is 22.0. The van der Waals surface area contributed by atoms with E-state index < -0.39 is 60.1 Å². The van der Waals surface area contributed by atoms with Gasteiger partial charge in [0.05, 0.1) is 23.2 Å². The molecule has 4 atom stereocenters. The van der Waals surface area contributed by atoms with Crippen molar-refractivity contribution < 1.29 is 27.9 Å². The highest BCUT2D eigenvalue weighted by molar-refractivity contribution is 6.38. The third-order valence-electron chi connectivity index (χ3n) is 8.48. The molecule has 13 heteroatoms. The van der Waals surface area contributed by atoms with E-state index in [1.807, 2.05) is 0 Å². The van der Waals surface area contributed by atoms with Crippen LogP contribution in [0.3, 0.4) is 0 Å². The van der Waals surface area contributed by atoms with Gasteiger partial charge in [-0.3, -0.25) is 19.3 Å². The Balaban J connectivity index is 1.56. The molecule has 1 aliphatic carbocycles. The number of amides is 2. The van der Waals surface area contributed by atoms with E-state index in [9.17, 15) is 14.4 Å². The number of alkyl halides is 2. The minimum Gasteiger partial charge on any atom is -0.461 e. The number of anilines is 2. The fourth-order valence-electron chi connectivity index (χ4n) is 6.75. The number of ether oxygens (including phenoxy) is 1. The summed E-state index contributed by atoms with van der Waals surface area (Å²) < 4.78 is 36.0. The van der Waals surface area contributed by atoms with Gasteiger partial charge >= 0.3 is 5.97 Å². The van der Waals surface area contributed by atoms with Gasteiger partial charge in [0.1, 0.15) is 18.1 Å². The topological polar surface area (TPSA) is 79.0 Å². The van der Waals surface area contributed by atoms with Crippen LogP contribution in [0.2, 0.25) is 20.1 Å². The van der Waals surface area contributed by atoms with Gasteiger partial charge in [-0.15, -0.1) is 0 Å². The van der Waals surface area contributed by atoms with Crippen LogP contribution in [0.15, 0.2) is 43.0 Å². The van der Waals surface area contributed by atoms with Crippen molar-refractivity contribution in [2.24, 2.45) is 17.8 Å². The van der Waals surface area contributed by atoms with E-state index in [1.165, 1.54) is 34.1 Å². The average molecular weight is 659 g/mol. The number of fused-ring (bicyclic) bond motifs is 4. The zero-order chi connectivity index (χ0) is 30.1. The molecule has 1 N–H and O–H groups in total. The highest BCUT2D eigenvalue weighted by atomic mass is 35.5. The van der Waals surface area contributed by atoms with Crippen LogP contribution in [0.4, 0.5) is 20.2 Å². The van der Waals surface area contributed by atoms with E-state index in [4.69, 9.17) is 51.1 Å². The number of nitrogens with one attached hydrogen (secondary N) is 1. The number of carbonyl (C=O) groups excluding carboxylic acids is 3. The molecule has 3 aliphatic heterocycles. The summed E-state index contributed by atoms with van der Waals surface area (Å²) in [4.78, 5) is 45.5. The summed E-state index contributed by atoms with van der Waals surface area (Å²) in [6, 6.07) is 6.26. The zero-order valence-corrected chi connectivity index (χ0v) is 25.0. The Morgan fingerprint density at radius 2 is 1.76 bits per heavy atom. The first-order chi connectivity index (χ1) is 19.9. The van der Waals surface area contributed by atoms with Crippen molar-refractivity contribution in [1.82, 2.24) is 4.90 Å². The Kier molecular flexibility index (Phi) is 7.50. The van der Waals surface area contributed by atoms with Gasteiger partial charge in [0.25, 0.3) is 11.8 Å². The molecule has 2 saturated heterocycles. The van der Waals surface area contributed by atoms with E-state index in [0.29, 0.717) is 5.69 Å². The summed E-state index contributed by atoms with van der Waals surface area (Å²) in [5.74, 6) is -8.28. The highest BCUT2D eigenvalue weighted by Crippen LogP contribution is 2.61. The summed E-state index contributed by atoms with van der Waals surface area (Å²) in [5.41, 5.74) is -1.39. The summed E-state index contributed by atoms with van der Waals surface area (Å²) in [5, 5.41) is 3.44. The third-order valence-corrected chi connectivity index (χ3v) is 9.43. The molecule has 1 saturated carbocycles. The number of nitrogens with zero attached hydrogens (tertiary/aromatic N) is 2. The normalized spacial score (nSPS) is 27.5. The number of benzene rings is 2. The lowest BCUT2D eigenvalue weighted by Gasteiger charge is -2.36. The molecule has 2 aromatic rings. The van der Waals surface area contributed by atoms with Crippen LogP contribution in [0.1, 0.15) is 24.8 Å². The lowest BCUT2D eigenvalue weighted by Crippen LogP contribution is -2.55. The lowest BCUT2D eigenvalue weighted by molar-refractivity contribution is -0.158. The first kappa shape index (κ1) is 29.6. The quantitative estimate of drug-likeness (QED) is 0.269. The van der Waals surface area contributed by atoms with Gasteiger partial charge < -0.3 is 15.0 Å². The smallest absolute Gasteiger partial charge is 0.312 e. The van der Waals surface area contributed by atoms with Crippen molar-refractivity contribution in [3.8, 4) is 0 Å². The van der Waals surface area contributed by atoms with Gasteiger partial charge in [-0.2, -0.15) is 0 Å². The van der Waals surface area contributed by atoms with Gasteiger partial charge in [-0.1, -0.05) is 59.1 Å². The van der Waals surface area contributed by atoms with Crippen LogP contribution >= 0.6 is 46.4 Å². The first-order valence-corrected chi connectivity index (χ1v) is 14.9. The molecule has 6 rings (SSSR count). The molecule has 0 radical (unpaired) electrons. The summed E-state index contributed by atoms with van der Waals surface area (Å²) in [6.45, 7) is 2.76. The number of carbonyl (C=O) groups is 3. The van der Waals surface area contributed by atoms with Gasteiger partial charge in [-0.05, 0) is 49.1 Å². The summed E-state index contributed by atoms with van der Waals surface area (Å²) in [7, 11) is 0. The largest absolute Gasteiger partial charge is 0.461 e. The Morgan fingerprint density at radius 1 is 1.10 bits per heavy atom. The van der Waals surface area contributed by atoms with Crippen LogP contribution < -0.4 is 10.2 Å². The van der Waals surface area contributed by atoms with Gasteiger partial charge in [0.15, 0.2) is 0 Å². The fraction of sp³-hybridized carbons (Fsp3) is 0.414. The van der Waals surface area contributed by atoms with E-state index >= 15 is 8.78 Å². The van der Waals surface area contributed by atoms with Crippen molar-refractivity contribution in [3.63, 3.8) is 0 Å². The molecule has 222 valence electrons. The molecule has 1 spiro atoms. The van der Waals surface area contributed by atoms with Gasteiger partial charge in [-0.25, -0.2) is 8.78 Å². The van der Waals surface area contributed by atoms with Crippen molar-refractivity contribution in [1.29, 1.82) is 0 Å². The van der Waals surface area contributed by atoms with Crippen LogP contribution in [0, 0.1) is 17.8 Å². The van der Waals surface area contributed by atoms with Gasteiger partial charge in [0.2, 0.25) is 5.91 Å².